The second-order valence-corrected chi connectivity index (χ2v) is 6.78. The Hall–Kier alpha value is -1.47. The molecular weight excluding hydrogens is 306 g/mol. The topological polar surface area (TPSA) is 70.9 Å². The summed E-state index contributed by atoms with van der Waals surface area (Å²) in [7, 11) is 0. The van der Waals surface area contributed by atoms with E-state index in [1.54, 1.807) is 0 Å². The van der Waals surface area contributed by atoms with Crippen molar-refractivity contribution in [2.75, 3.05) is 0 Å². The molecule has 0 saturated carbocycles. The Labute approximate surface area is 132 Å². The summed E-state index contributed by atoms with van der Waals surface area (Å²) in [5, 5.41) is 7.01. The van der Waals surface area contributed by atoms with E-state index in [9.17, 15) is 4.79 Å². The third kappa shape index (κ3) is 3.59. The van der Waals surface area contributed by atoms with E-state index in [1.165, 1.54) is 11.3 Å². The van der Waals surface area contributed by atoms with Gasteiger partial charge in [0.25, 0.3) is 0 Å². The number of hydrogen-bond acceptors (Lipinski definition) is 5. The molecule has 2 aromatic heterocycles. The summed E-state index contributed by atoms with van der Waals surface area (Å²) in [6, 6.07) is -0.0732. The first-order chi connectivity index (χ1) is 9.92. The molecule has 2 N–H and O–H groups in total. The Bertz CT molecular complexity index is 680. The van der Waals surface area contributed by atoms with Gasteiger partial charge in [0.05, 0.1) is 18.2 Å². The smallest absolute Gasteiger partial charge is 0.225 e. The van der Waals surface area contributed by atoms with Gasteiger partial charge in [0, 0.05) is 16.1 Å². The number of aromatic nitrogens is 2. The van der Waals surface area contributed by atoms with E-state index in [0.717, 1.165) is 34.0 Å². The third-order valence-corrected chi connectivity index (χ3v) is 4.76. The van der Waals surface area contributed by atoms with E-state index < -0.39 is 0 Å². The zero-order chi connectivity index (χ0) is 15.6. The minimum absolute atomic E-state index is 0.0183. The number of carbonyl (C=O) groups excluding carboxylic acids is 1. The molecule has 0 radical (unpaired) electrons. The van der Waals surface area contributed by atoms with Gasteiger partial charge < -0.3 is 14.8 Å². The van der Waals surface area contributed by atoms with Gasteiger partial charge in [-0.2, -0.15) is 0 Å². The number of aromatic amines is 1. The van der Waals surface area contributed by atoms with Gasteiger partial charge in [0.1, 0.15) is 5.76 Å². The van der Waals surface area contributed by atoms with Crippen molar-refractivity contribution < 1.29 is 9.32 Å². The number of thiazole rings is 1. The Kier molecular flexibility index (Phi) is 4.95. The molecule has 2 aromatic rings. The maximum absolute atomic E-state index is 12.3. The highest BCUT2D eigenvalue weighted by atomic mass is 32.1. The van der Waals surface area contributed by atoms with Gasteiger partial charge in [-0.15, -0.1) is 11.3 Å². The standard InChI is InChI=1S/C14H19N3O2S2/c1-5-10(13-8(3)17-19-9(13)4)16-12(18)6-11-7(2)15-14(20)21-11/h10H,5-6H2,1-4H3,(H,15,20)(H,16,18)/t10-/m0/s1. The van der Waals surface area contributed by atoms with Gasteiger partial charge >= 0.3 is 0 Å². The molecule has 0 bridgehead atoms. The van der Waals surface area contributed by atoms with Crippen molar-refractivity contribution >= 4 is 29.5 Å². The maximum Gasteiger partial charge on any atom is 0.225 e. The van der Waals surface area contributed by atoms with E-state index in [4.69, 9.17) is 16.7 Å². The van der Waals surface area contributed by atoms with Gasteiger partial charge in [-0.25, -0.2) is 0 Å². The number of nitrogens with zero attached hydrogens (tertiary/aromatic N) is 1. The molecule has 0 spiro atoms. The van der Waals surface area contributed by atoms with Crippen LogP contribution in [0.1, 0.15) is 47.0 Å². The highest BCUT2D eigenvalue weighted by molar-refractivity contribution is 7.73. The first-order valence-electron chi connectivity index (χ1n) is 6.83. The lowest BCUT2D eigenvalue weighted by Crippen LogP contribution is -2.30. The van der Waals surface area contributed by atoms with Crippen molar-refractivity contribution in [3.05, 3.63) is 31.5 Å². The highest BCUT2D eigenvalue weighted by Gasteiger charge is 2.21. The van der Waals surface area contributed by atoms with E-state index in [2.05, 4.69) is 15.5 Å². The van der Waals surface area contributed by atoms with Crippen LogP contribution in [0.25, 0.3) is 0 Å². The van der Waals surface area contributed by atoms with Crippen LogP contribution in [-0.2, 0) is 11.2 Å². The second-order valence-electron chi connectivity index (χ2n) is 5.01. The van der Waals surface area contributed by atoms with Crippen LogP contribution in [-0.4, -0.2) is 16.0 Å². The molecule has 114 valence electrons. The molecule has 0 aliphatic rings. The average Bonchev–Trinajstić information content (AvgIpc) is 2.90. The molecule has 0 aliphatic heterocycles. The fourth-order valence-corrected chi connectivity index (χ4v) is 3.65. The lowest BCUT2D eigenvalue weighted by Gasteiger charge is -2.16. The van der Waals surface area contributed by atoms with Crippen molar-refractivity contribution in [3.63, 3.8) is 0 Å². The molecule has 0 fully saturated rings. The van der Waals surface area contributed by atoms with Crippen LogP contribution in [0, 0.1) is 24.7 Å². The van der Waals surface area contributed by atoms with E-state index >= 15 is 0 Å². The van der Waals surface area contributed by atoms with E-state index in [0.29, 0.717) is 10.4 Å². The minimum Gasteiger partial charge on any atom is -0.361 e. The number of H-pyrrole nitrogens is 1. The fourth-order valence-electron chi connectivity index (χ4n) is 2.36. The van der Waals surface area contributed by atoms with Gasteiger partial charge in [0.15, 0.2) is 3.95 Å². The number of hydrogen-bond donors (Lipinski definition) is 2. The van der Waals surface area contributed by atoms with Crippen LogP contribution in [0.3, 0.4) is 0 Å². The van der Waals surface area contributed by atoms with Gasteiger partial charge in [-0.3, -0.25) is 4.79 Å². The van der Waals surface area contributed by atoms with Crippen molar-refractivity contribution in [1.29, 1.82) is 0 Å². The fraction of sp³-hybridized carbons (Fsp3) is 0.500. The Morgan fingerprint density at radius 1 is 1.48 bits per heavy atom. The summed E-state index contributed by atoms with van der Waals surface area (Å²) in [5.41, 5.74) is 2.77. The average molecular weight is 325 g/mol. The predicted octanol–water partition coefficient (Wildman–Crippen LogP) is 3.53. The van der Waals surface area contributed by atoms with Crippen LogP contribution >= 0.6 is 23.6 Å². The van der Waals surface area contributed by atoms with E-state index in [1.807, 2.05) is 27.7 Å². The molecule has 0 unspecified atom stereocenters. The van der Waals surface area contributed by atoms with Crippen molar-refractivity contribution in [2.24, 2.45) is 0 Å². The van der Waals surface area contributed by atoms with Crippen LogP contribution in [0.15, 0.2) is 4.52 Å². The Morgan fingerprint density at radius 2 is 2.19 bits per heavy atom. The molecule has 0 aliphatic carbocycles. The first-order valence-corrected chi connectivity index (χ1v) is 8.05. The SMILES string of the molecule is CC[C@H](NC(=O)Cc1sc(=S)[nH]c1C)c1c(C)noc1C. The number of nitrogens with one attached hydrogen (secondary N) is 2. The normalized spacial score (nSPS) is 12.4. The summed E-state index contributed by atoms with van der Waals surface area (Å²) < 4.78 is 5.88. The second kappa shape index (κ2) is 6.53. The zero-order valence-corrected chi connectivity index (χ0v) is 14.2. The maximum atomic E-state index is 12.3. The van der Waals surface area contributed by atoms with Gasteiger partial charge in [0.2, 0.25) is 5.91 Å². The molecule has 1 amide bonds. The van der Waals surface area contributed by atoms with Crippen LogP contribution in [0.4, 0.5) is 0 Å². The van der Waals surface area contributed by atoms with Crippen LogP contribution in [0.5, 0.6) is 0 Å². The Balaban J connectivity index is 2.10. The molecule has 0 saturated heterocycles. The molecule has 2 rings (SSSR count). The summed E-state index contributed by atoms with van der Waals surface area (Å²) >= 11 is 6.54. The van der Waals surface area contributed by atoms with Crippen LogP contribution in [0.2, 0.25) is 0 Å². The molecule has 5 nitrogen and oxygen atoms in total. The quantitative estimate of drug-likeness (QED) is 0.825. The number of amides is 1. The molecule has 0 aromatic carbocycles. The van der Waals surface area contributed by atoms with Gasteiger partial charge in [-0.1, -0.05) is 12.1 Å². The number of rotatable bonds is 5. The first kappa shape index (κ1) is 15.9. The van der Waals surface area contributed by atoms with Crippen molar-refractivity contribution in [2.45, 2.75) is 46.6 Å². The predicted molar refractivity (Wildman–Crippen MR) is 85.1 cm³/mol. The van der Waals surface area contributed by atoms with Crippen molar-refractivity contribution in [1.82, 2.24) is 15.5 Å². The summed E-state index contributed by atoms with van der Waals surface area (Å²) in [4.78, 5) is 16.3. The molecule has 7 heteroatoms. The van der Waals surface area contributed by atoms with Crippen molar-refractivity contribution in [3.8, 4) is 0 Å². The lowest BCUT2D eigenvalue weighted by atomic mass is 10.0. The summed E-state index contributed by atoms with van der Waals surface area (Å²) in [6.07, 6.45) is 1.12. The number of aryl methyl sites for hydroxylation is 3. The summed E-state index contributed by atoms with van der Waals surface area (Å²) in [6.45, 7) is 7.72. The summed E-state index contributed by atoms with van der Waals surface area (Å²) in [5.74, 6) is 0.739. The van der Waals surface area contributed by atoms with E-state index in [-0.39, 0.29) is 11.9 Å². The monoisotopic (exact) mass is 325 g/mol. The molecule has 2 heterocycles. The largest absolute Gasteiger partial charge is 0.361 e. The lowest BCUT2D eigenvalue weighted by molar-refractivity contribution is -0.121. The Morgan fingerprint density at radius 3 is 2.67 bits per heavy atom. The third-order valence-electron chi connectivity index (χ3n) is 3.43. The zero-order valence-electron chi connectivity index (χ0n) is 12.6. The minimum atomic E-state index is -0.0732. The number of carbonyl (C=O) groups is 1. The highest BCUT2D eigenvalue weighted by Crippen LogP contribution is 2.24. The van der Waals surface area contributed by atoms with Crippen LogP contribution < -0.4 is 5.32 Å². The molecular formula is C14H19N3O2S2. The molecule has 21 heavy (non-hydrogen) atoms. The molecule has 1 atom stereocenters. The van der Waals surface area contributed by atoms with Gasteiger partial charge in [-0.05, 0) is 39.4 Å².